The number of carbonyl (C=O) groups is 1. The molecular formula is C21H12N2O3. The second kappa shape index (κ2) is 5.67. The summed E-state index contributed by atoms with van der Waals surface area (Å²) in [7, 11) is 0. The van der Waals surface area contributed by atoms with E-state index in [4.69, 9.17) is 9.15 Å². The number of hydrogen-bond acceptors (Lipinski definition) is 5. The van der Waals surface area contributed by atoms with Crippen LogP contribution in [0, 0.1) is 0 Å². The number of nitrogens with zero attached hydrogens (tertiary/aromatic N) is 2. The van der Waals surface area contributed by atoms with Crippen molar-refractivity contribution in [1.82, 2.24) is 9.97 Å². The molecule has 0 amide bonds. The molecule has 0 aliphatic carbocycles. The number of hydrogen-bond donors (Lipinski definition) is 0. The van der Waals surface area contributed by atoms with E-state index in [2.05, 4.69) is 9.97 Å². The molecule has 124 valence electrons. The van der Waals surface area contributed by atoms with Crippen molar-refractivity contribution in [2.45, 2.75) is 0 Å². The van der Waals surface area contributed by atoms with Crippen LogP contribution in [-0.4, -0.2) is 15.9 Å². The molecule has 2 aromatic heterocycles. The molecule has 0 unspecified atom stereocenters. The van der Waals surface area contributed by atoms with E-state index in [9.17, 15) is 4.79 Å². The summed E-state index contributed by atoms with van der Waals surface area (Å²) < 4.78 is 11.3. The third kappa shape index (κ3) is 2.38. The summed E-state index contributed by atoms with van der Waals surface area (Å²) in [5.41, 5.74) is 3.09. The van der Waals surface area contributed by atoms with Crippen molar-refractivity contribution >= 4 is 38.9 Å². The van der Waals surface area contributed by atoms with Crippen LogP contribution in [0.25, 0.3) is 33.0 Å². The van der Waals surface area contributed by atoms with Crippen LogP contribution in [0.4, 0.5) is 0 Å². The van der Waals surface area contributed by atoms with Gasteiger partial charge in [-0.15, -0.1) is 0 Å². The fourth-order valence-corrected chi connectivity index (χ4v) is 2.98. The lowest BCUT2D eigenvalue weighted by molar-refractivity contribution is 0.0729. The van der Waals surface area contributed by atoms with Crippen LogP contribution in [0.3, 0.4) is 0 Å². The third-order valence-electron chi connectivity index (χ3n) is 4.22. The predicted octanol–water partition coefficient (Wildman–Crippen LogP) is 4.75. The molecule has 0 N–H and O–H groups in total. The SMILES string of the molecule is O=C(Oc1ccc2oc3ccccc3c2c1)c1cnc2ccccc2n1. The molecule has 0 aliphatic heterocycles. The minimum absolute atomic E-state index is 0.167. The highest BCUT2D eigenvalue weighted by molar-refractivity contribution is 6.05. The summed E-state index contributed by atoms with van der Waals surface area (Å²) in [6, 6.07) is 20.4. The lowest BCUT2D eigenvalue weighted by Gasteiger charge is -2.04. The molecule has 0 saturated carbocycles. The van der Waals surface area contributed by atoms with Crippen molar-refractivity contribution in [2.75, 3.05) is 0 Å². The quantitative estimate of drug-likeness (QED) is 0.343. The lowest BCUT2D eigenvalue weighted by atomic mass is 10.1. The van der Waals surface area contributed by atoms with E-state index in [1.54, 1.807) is 18.2 Å². The summed E-state index contributed by atoms with van der Waals surface area (Å²) >= 11 is 0. The first kappa shape index (κ1) is 14.6. The number of aromatic nitrogens is 2. The van der Waals surface area contributed by atoms with Crippen LogP contribution in [0.1, 0.15) is 10.5 Å². The maximum absolute atomic E-state index is 12.4. The Morgan fingerprint density at radius 2 is 1.62 bits per heavy atom. The number of esters is 1. The summed E-state index contributed by atoms with van der Waals surface area (Å²) in [4.78, 5) is 21.0. The van der Waals surface area contributed by atoms with E-state index in [-0.39, 0.29) is 5.69 Å². The van der Waals surface area contributed by atoms with Crippen LogP contribution >= 0.6 is 0 Å². The Labute approximate surface area is 147 Å². The van der Waals surface area contributed by atoms with Gasteiger partial charge < -0.3 is 9.15 Å². The largest absolute Gasteiger partial charge is 0.456 e. The Bertz CT molecular complexity index is 1290. The second-order valence-corrected chi connectivity index (χ2v) is 5.89. The molecule has 0 fully saturated rings. The molecule has 0 saturated heterocycles. The molecule has 5 heteroatoms. The van der Waals surface area contributed by atoms with Gasteiger partial charge in [-0.1, -0.05) is 30.3 Å². The molecule has 0 bridgehead atoms. The second-order valence-electron chi connectivity index (χ2n) is 5.89. The van der Waals surface area contributed by atoms with Crippen molar-refractivity contribution in [2.24, 2.45) is 0 Å². The number of carbonyl (C=O) groups excluding carboxylic acids is 1. The number of ether oxygens (including phenoxy) is 1. The van der Waals surface area contributed by atoms with Gasteiger partial charge >= 0.3 is 5.97 Å². The van der Waals surface area contributed by atoms with E-state index in [0.717, 1.165) is 27.5 Å². The number of furan rings is 1. The molecule has 0 aliphatic rings. The Hall–Kier alpha value is -3.73. The van der Waals surface area contributed by atoms with Gasteiger partial charge in [-0.3, -0.25) is 4.98 Å². The Balaban J connectivity index is 1.51. The zero-order chi connectivity index (χ0) is 17.5. The number of rotatable bonds is 2. The van der Waals surface area contributed by atoms with Crippen LogP contribution in [-0.2, 0) is 0 Å². The molecule has 26 heavy (non-hydrogen) atoms. The van der Waals surface area contributed by atoms with Crippen molar-refractivity contribution in [1.29, 1.82) is 0 Å². The third-order valence-corrected chi connectivity index (χ3v) is 4.22. The number of para-hydroxylation sites is 3. The molecule has 5 aromatic rings. The number of benzene rings is 3. The maximum atomic E-state index is 12.4. The van der Waals surface area contributed by atoms with Crippen LogP contribution in [0.5, 0.6) is 5.75 Å². The van der Waals surface area contributed by atoms with Crippen molar-refractivity contribution < 1.29 is 13.9 Å². The molecule has 0 atom stereocenters. The van der Waals surface area contributed by atoms with Gasteiger partial charge in [0, 0.05) is 10.8 Å². The van der Waals surface area contributed by atoms with E-state index < -0.39 is 5.97 Å². The molecule has 3 aromatic carbocycles. The minimum Gasteiger partial charge on any atom is -0.456 e. The highest BCUT2D eigenvalue weighted by atomic mass is 16.5. The normalized spacial score (nSPS) is 11.2. The fraction of sp³-hybridized carbons (Fsp3) is 0. The maximum Gasteiger partial charge on any atom is 0.363 e. The molecule has 2 heterocycles. The molecular weight excluding hydrogens is 328 g/mol. The van der Waals surface area contributed by atoms with Crippen LogP contribution in [0.15, 0.2) is 77.3 Å². The standard InChI is InChI=1S/C21H12N2O3/c24-21(18-12-22-16-6-2-3-7-17(16)23-18)25-13-9-10-20-15(11-13)14-5-1-4-8-19(14)26-20/h1-12H. The first-order chi connectivity index (χ1) is 12.8. The van der Waals surface area contributed by atoms with Gasteiger partial charge in [0.25, 0.3) is 0 Å². The monoisotopic (exact) mass is 340 g/mol. The van der Waals surface area contributed by atoms with E-state index in [0.29, 0.717) is 11.3 Å². The highest BCUT2D eigenvalue weighted by Crippen LogP contribution is 2.31. The Morgan fingerprint density at radius 1 is 0.846 bits per heavy atom. The van der Waals surface area contributed by atoms with Crippen molar-refractivity contribution in [3.05, 3.63) is 78.6 Å². The van der Waals surface area contributed by atoms with Crippen LogP contribution < -0.4 is 4.74 Å². The van der Waals surface area contributed by atoms with Gasteiger partial charge in [0.2, 0.25) is 0 Å². The van der Waals surface area contributed by atoms with E-state index >= 15 is 0 Å². The van der Waals surface area contributed by atoms with Gasteiger partial charge in [0.05, 0.1) is 17.2 Å². The average Bonchev–Trinajstić information content (AvgIpc) is 3.05. The topological polar surface area (TPSA) is 65.2 Å². The summed E-state index contributed by atoms with van der Waals surface area (Å²) in [6.07, 6.45) is 1.43. The summed E-state index contributed by atoms with van der Waals surface area (Å²) in [6.45, 7) is 0. The molecule has 0 radical (unpaired) electrons. The lowest BCUT2D eigenvalue weighted by Crippen LogP contribution is -2.11. The van der Waals surface area contributed by atoms with Crippen LogP contribution in [0.2, 0.25) is 0 Å². The summed E-state index contributed by atoms with van der Waals surface area (Å²) in [5, 5.41) is 1.88. The van der Waals surface area contributed by atoms with Gasteiger partial charge in [-0.05, 0) is 36.4 Å². The van der Waals surface area contributed by atoms with E-state index in [1.165, 1.54) is 6.20 Å². The number of fused-ring (bicyclic) bond motifs is 4. The fourth-order valence-electron chi connectivity index (χ4n) is 2.98. The van der Waals surface area contributed by atoms with E-state index in [1.807, 2.05) is 48.5 Å². The smallest absolute Gasteiger partial charge is 0.363 e. The highest BCUT2D eigenvalue weighted by Gasteiger charge is 2.14. The van der Waals surface area contributed by atoms with Crippen molar-refractivity contribution in [3.63, 3.8) is 0 Å². The summed E-state index contributed by atoms with van der Waals surface area (Å²) in [5.74, 6) is -0.112. The Kier molecular flexibility index (Phi) is 3.18. The minimum atomic E-state index is -0.546. The first-order valence-electron chi connectivity index (χ1n) is 8.13. The molecule has 5 nitrogen and oxygen atoms in total. The first-order valence-corrected chi connectivity index (χ1v) is 8.13. The van der Waals surface area contributed by atoms with Gasteiger partial charge in [-0.2, -0.15) is 0 Å². The van der Waals surface area contributed by atoms with Crippen molar-refractivity contribution in [3.8, 4) is 5.75 Å². The molecule has 5 rings (SSSR count). The average molecular weight is 340 g/mol. The Morgan fingerprint density at radius 3 is 2.54 bits per heavy atom. The zero-order valence-corrected chi connectivity index (χ0v) is 13.5. The van der Waals surface area contributed by atoms with Gasteiger partial charge in [0.1, 0.15) is 16.9 Å². The van der Waals surface area contributed by atoms with Gasteiger partial charge in [0.15, 0.2) is 5.69 Å². The molecule has 0 spiro atoms. The predicted molar refractivity (Wildman–Crippen MR) is 98.2 cm³/mol. The van der Waals surface area contributed by atoms with Gasteiger partial charge in [-0.25, -0.2) is 9.78 Å². The zero-order valence-electron chi connectivity index (χ0n) is 13.5.